The van der Waals surface area contributed by atoms with E-state index in [1.165, 1.54) is 18.3 Å². The Morgan fingerprint density at radius 1 is 1.02 bits per heavy atom. The van der Waals surface area contributed by atoms with E-state index in [2.05, 4.69) is 25.9 Å². The van der Waals surface area contributed by atoms with E-state index in [1.54, 1.807) is 23.1 Å². The minimum atomic E-state index is -3.37. The number of nitrogens with zero attached hydrogens (tertiary/aromatic N) is 4. The third kappa shape index (κ3) is 8.99. The minimum Gasteiger partial charge on any atom is -0.364 e. The first-order chi connectivity index (χ1) is 25.4. The fraction of sp³-hybridized carbons (Fsp3) is 0.432. The highest BCUT2D eigenvalue weighted by Gasteiger charge is 2.39. The Kier molecular flexibility index (Phi) is 11.4. The maximum atomic E-state index is 13.1. The monoisotopic (exact) mass is 744 g/mol. The number of rotatable bonds is 14. The fourth-order valence-electron chi connectivity index (χ4n) is 7.16. The van der Waals surface area contributed by atoms with E-state index in [9.17, 15) is 32.4 Å². The fourth-order valence-corrected chi connectivity index (χ4v) is 7.79. The summed E-state index contributed by atoms with van der Waals surface area (Å²) in [6, 6.07) is 11.0. The Morgan fingerprint density at radius 2 is 1.79 bits per heavy atom. The molecule has 3 aromatic rings. The van der Waals surface area contributed by atoms with Crippen molar-refractivity contribution in [2.24, 2.45) is 5.73 Å². The van der Waals surface area contributed by atoms with Crippen LogP contribution in [-0.2, 0) is 37.2 Å². The molecular weight excluding hydrogens is 701 g/mol. The van der Waals surface area contributed by atoms with Gasteiger partial charge in [-0.1, -0.05) is 25.0 Å². The van der Waals surface area contributed by atoms with Gasteiger partial charge in [-0.2, -0.15) is 0 Å². The molecule has 1 aromatic heterocycles. The van der Waals surface area contributed by atoms with Gasteiger partial charge in [-0.05, 0) is 80.0 Å². The molecule has 3 aliphatic rings. The number of anilines is 3. The molecule has 6 rings (SSSR count). The van der Waals surface area contributed by atoms with E-state index in [-0.39, 0.29) is 46.6 Å². The molecule has 3 aliphatic heterocycles. The smallest absolute Gasteiger partial charge is 0.271 e. The molecule has 2 saturated heterocycles. The molecule has 0 radical (unpaired) electrons. The van der Waals surface area contributed by atoms with Crippen molar-refractivity contribution in [1.82, 2.24) is 25.5 Å². The molecule has 0 saturated carbocycles. The number of fused-ring (bicyclic) bond motifs is 1. The van der Waals surface area contributed by atoms with Gasteiger partial charge in [0.1, 0.15) is 11.9 Å². The first-order valence-corrected chi connectivity index (χ1v) is 19.8. The number of nitrogens with two attached hydrogens (primary N) is 1. The summed E-state index contributed by atoms with van der Waals surface area (Å²) in [6.07, 6.45) is 9.46. The number of aromatic nitrogens is 2. The predicted molar refractivity (Wildman–Crippen MR) is 196 cm³/mol. The number of hydrogen-bond donors (Lipinski definition) is 4. The summed E-state index contributed by atoms with van der Waals surface area (Å²) in [5.74, 6) is -1.01. The van der Waals surface area contributed by atoms with Crippen LogP contribution in [0.3, 0.4) is 0 Å². The number of hydrogen-bond acceptors (Lipinski definition) is 11. The van der Waals surface area contributed by atoms with Gasteiger partial charge in [0.2, 0.25) is 17.7 Å². The Balaban J connectivity index is 0.952. The molecule has 5 N–H and O–H groups in total. The zero-order valence-corrected chi connectivity index (χ0v) is 30.4. The molecule has 0 aliphatic carbocycles. The summed E-state index contributed by atoms with van der Waals surface area (Å²) < 4.78 is 23.7. The number of piperidine rings is 2. The zero-order valence-electron chi connectivity index (χ0n) is 29.6. The highest BCUT2D eigenvalue weighted by molar-refractivity contribution is 7.90. The van der Waals surface area contributed by atoms with Gasteiger partial charge in [-0.15, -0.1) is 0 Å². The summed E-state index contributed by atoms with van der Waals surface area (Å²) in [5, 5.41) is 8.53. The van der Waals surface area contributed by atoms with Crippen LogP contribution in [0.4, 0.5) is 17.3 Å². The van der Waals surface area contributed by atoms with Crippen molar-refractivity contribution >= 4 is 56.7 Å². The number of aryl methyl sites for hydroxylation is 1. The van der Waals surface area contributed by atoms with E-state index in [4.69, 9.17) is 5.73 Å². The van der Waals surface area contributed by atoms with Crippen molar-refractivity contribution in [3.63, 3.8) is 0 Å². The Morgan fingerprint density at radius 3 is 2.53 bits per heavy atom. The highest BCUT2D eigenvalue weighted by atomic mass is 32.2. The van der Waals surface area contributed by atoms with Crippen molar-refractivity contribution in [2.75, 3.05) is 29.6 Å². The van der Waals surface area contributed by atoms with E-state index in [0.717, 1.165) is 62.3 Å². The second kappa shape index (κ2) is 16.1. The molecule has 4 heterocycles. The molecule has 5 amide bonds. The van der Waals surface area contributed by atoms with Crippen LogP contribution in [0.5, 0.6) is 0 Å². The number of carbonyl (C=O) groups is 5. The van der Waals surface area contributed by atoms with Crippen LogP contribution in [-0.4, -0.2) is 84.3 Å². The van der Waals surface area contributed by atoms with Crippen LogP contribution in [0.2, 0.25) is 0 Å². The number of benzene rings is 2. The van der Waals surface area contributed by atoms with Crippen molar-refractivity contribution in [3.05, 3.63) is 71.0 Å². The van der Waals surface area contributed by atoms with Crippen LogP contribution >= 0.6 is 0 Å². The number of primary amides is 1. The molecule has 53 heavy (non-hydrogen) atoms. The van der Waals surface area contributed by atoms with Crippen molar-refractivity contribution in [3.8, 4) is 0 Å². The number of unbranched alkanes of at least 4 members (excludes halogenated alkanes) is 3. The molecule has 2 atom stereocenters. The number of amides is 5. The average Bonchev–Trinajstić information content (AvgIpc) is 3.46. The number of imide groups is 1. The normalized spacial score (nSPS) is 18.8. The van der Waals surface area contributed by atoms with E-state index < -0.39 is 27.7 Å². The predicted octanol–water partition coefficient (Wildman–Crippen LogP) is 2.76. The van der Waals surface area contributed by atoms with Crippen molar-refractivity contribution < 1.29 is 32.4 Å². The Labute approximate surface area is 308 Å². The highest BCUT2D eigenvalue weighted by Crippen LogP contribution is 2.31. The second-order valence-corrected chi connectivity index (χ2v) is 15.8. The van der Waals surface area contributed by atoms with Crippen LogP contribution in [0.1, 0.15) is 89.8 Å². The van der Waals surface area contributed by atoms with Crippen LogP contribution < -0.4 is 26.6 Å². The minimum absolute atomic E-state index is 0.0140. The lowest BCUT2D eigenvalue weighted by Gasteiger charge is -2.34. The summed E-state index contributed by atoms with van der Waals surface area (Å²) in [4.78, 5) is 74.7. The number of carbonyl (C=O) groups excluding carboxylic acids is 5. The summed E-state index contributed by atoms with van der Waals surface area (Å²) in [5.41, 5.74) is 8.67. The van der Waals surface area contributed by atoms with Gasteiger partial charge < -0.3 is 26.2 Å². The maximum absolute atomic E-state index is 13.1. The molecule has 0 spiro atoms. The van der Waals surface area contributed by atoms with Gasteiger partial charge >= 0.3 is 0 Å². The lowest BCUT2D eigenvalue weighted by Crippen LogP contribution is -2.52. The maximum Gasteiger partial charge on any atom is 0.271 e. The molecule has 15 nitrogen and oxygen atoms in total. The summed E-state index contributed by atoms with van der Waals surface area (Å²) in [7, 11) is -3.37. The third-order valence-electron chi connectivity index (χ3n) is 9.93. The lowest BCUT2D eigenvalue weighted by molar-refractivity contribution is -0.137. The van der Waals surface area contributed by atoms with E-state index in [1.807, 2.05) is 17.0 Å². The molecular formula is C37H44N8O7S. The van der Waals surface area contributed by atoms with Gasteiger partial charge in [-0.3, -0.25) is 29.3 Å². The third-order valence-corrected chi connectivity index (χ3v) is 11.1. The molecule has 0 bridgehead atoms. The first kappa shape index (κ1) is 37.4. The summed E-state index contributed by atoms with van der Waals surface area (Å²) in [6.45, 7) is 1.57. The van der Waals surface area contributed by atoms with Gasteiger partial charge in [0, 0.05) is 56.0 Å². The van der Waals surface area contributed by atoms with Gasteiger partial charge in [0.15, 0.2) is 21.3 Å². The molecule has 280 valence electrons. The quantitative estimate of drug-likeness (QED) is 0.139. The number of nitrogens with one attached hydrogen (secondary N) is 3. The molecule has 2 aromatic carbocycles. The first-order valence-electron chi connectivity index (χ1n) is 17.9. The lowest BCUT2D eigenvalue weighted by atomic mass is 9.98. The van der Waals surface area contributed by atoms with Crippen LogP contribution in [0.15, 0.2) is 53.6 Å². The number of sulfone groups is 1. The van der Waals surface area contributed by atoms with Crippen LogP contribution in [0.25, 0.3) is 0 Å². The SMILES string of the molecule is CS(=O)(=O)c1ccc(Nc2nc(N3CCCC(NC(=O)CCCCCCc4cccc5c4CN(C4CCC(=O)NC4=O)C5=O)C3)cnc2C(N)=O)cc1. The topological polar surface area (TPSA) is 214 Å². The average molecular weight is 745 g/mol. The molecule has 2 fully saturated rings. The molecule has 2 unspecified atom stereocenters. The van der Waals surface area contributed by atoms with Gasteiger partial charge in [-0.25, -0.2) is 18.4 Å². The van der Waals surface area contributed by atoms with E-state index in [0.29, 0.717) is 49.5 Å². The summed E-state index contributed by atoms with van der Waals surface area (Å²) >= 11 is 0. The second-order valence-electron chi connectivity index (χ2n) is 13.8. The van der Waals surface area contributed by atoms with Crippen molar-refractivity contribution in [1.29, 1.82) is 0 Å². The van der Waals surface area contributed by atoms with Gasteiger partial charge in [0.05, 0.1) is 11.1 Å². The molecule has 16 heteroatoms. The van der Waals surface area contributed by atoms with Gasteiger partial charge in [0.25, 0.3) is 11.8 Å². The van der Waals surface area contributed by atoms with Crippen molar-refractivity contribution in [2.45, 2.75) is 87.7 Å². The van der Waals surface area contributed by atoms with Crippen LogP contribution in [0, 0.1) is 0 Å². The standard InChI is InChI=1S/C37H44N8O7S/c1-53(51,52)26-15-13-24(14-16-26)41-35-33(34(38)48)39-20-30(42-35)44-19-7-10-25(21-44)40-31(46)12-5-3-2-4-8-23-9-6-11-27-28(23)22-45(37(27)50)29-17-18-32(47)43-36(29)49/h6,9,11,13-16,20,25,29H,2-5,7-8,10,12,17-19,21-22H2,1H3,(H2,38,48)(H,40,46)(H,41,42)(H,43,47,49). The Hall–Kier alpha value is -5.38. The zero-order chi connectivity index (χ0) is 37.7. The largest absolute Gasteiger partial charge is 0.364 e. The Bertz CT molecular complexity index is 2020. The van der Waals surface area contributed by atoms with E-state index >= 15 is 0 Å².